The lowest BCUT2D eigenvalue weighted by Gasteiger charge is -2.18. The van der Waals surface area contributed by atoms with Crippen LogP contribution in [0.15, 0.2) is 42.5 Å². The Morgan fingerprint density at radius 1 is 1.04 bits per heavy atom. The predicted molar refractivity (Wildman–Crippen MR) is 85.4 cm³/mol. The first-order valence-electron chi connectivity index (χ1n) is 7.69. The van der Waals surface area contributed by atoms with Gasteiger partial charge in [0.15, 0.2) is 0 Å². The first kappa shape index (κ1) is 14.4. The SMILES string of the molecule is O=C(Nc1cccc2ccccc12)NC1COC2C(O)COC12. The molecule has 23 heavy (non-hydrogen) atoms. The monoisotopic (exact) mass is 314 g/mol. The van der Waals surface area contributed by atoms with Gasteiger partial charge in [-0.25, -0.2) is 4.79 Å². The molecule has 0 aliphatic carbocycles. The Hall–Kier alpha value is -2.15. The van der Waals surface area contributed by atoms with Crippen molar-refractivity contribution >= 4 is 22.5 Å². The van der Waals surface area contributed by atoms with Gasteiger partial charge in [-0.05, 0) is 11.5 Å². The molecule has 2 fully saturated rings. The molecule has 4 unspecified atom stereocenters. The van der Waals surface area contributed by atoms with E-state index in [1.807, 2.05) is 42.5 Å². The standard InChI is InChI=1S/C17H18N2O4/c20-14-9-23-15-13(8-22-16(14)15)19-17(21)18-12-7-3-5-10-4-1-2-6-11(10)12/h1-7,13-16,20H,8-9H2,(H2,18,19,21). The summed E-state index contributed by atoms with van der Waals surface area (Å²) in [7, 11) is 0. The van der Waals surface area contributed by atoms with E-state index in [2.05, 4.69) is 10.6 Å². The number of fused-ring (bicyclic) bond motifs is 2. The maximum atomic E-state index is 12.3. The van der Waals surface area contributed by atoms with Gasteiger partial charge in [0, 0.05) is 5.39 Å². The maximum Gasteiger partial charge on any atom is 0.319 e. The van der Waals surface area contributed by atoms with Crippen molar-refractivity contribution in [2.24, 2.45) is 0 Å². The number of aliphatic hydroxyl groups excluding tert-OH is 1. The fourth-order valence-corrected chi connectivity index (χ4v) is 3.26. The van der Waals surface area contributed by atoms with Crippen LogP contribution < -0.4 is 10.6 Å². The van der Waals surface area contributed by atoms with Gasteiger partial charge in [-0.3, -0.25) is 0 Å². The van der Waals surface area contributed by atoms with Gasteiger partial charge in [0.1, 0.15) is 18.3 Å². The Balaban J connectivity index is 1.46. The lowest BCUT2D eigenvalue weighted by atomic mass is 10.1. The van der Waals surface area contributed by atoms with Gasteiger partial charge in [-0.2, -0.15) is 0 Å². The summed E-state index contributed by atoms with van der Waals surface area (Å²) >= 11 is 0. The average Bonchev–Trinajstić information content (AvgIpc) is 3.12. The van der Waals surface area contributed by atoms with Crippen LogP contribution >= 0.6 is 0 Å². The second-order valence-electron chi connectivity index (χ2n) is 5.89. The molecular weight excluding hydrogens is 296 g/mol. The zero-order chi connectivity index (χ0) is 15.8. The van der Waals surface area contributed by atoms with Gasteiger partial charge in [0.25, 0.3) is 0 Å². The summed E-state index contributed by atoms with van der Waals surface area (Å²) < 4.78 is 11.0. The van der Waals surface area contributed by atoms with Gasteiger partial charge in [0.05, 0.1) is 24.9 Å². The number of amides is 2. The molecule has 0 saturated carbocycles. The molecule has 6 heteroatoms. The van der Waals surface area contributed by atoms with E-state index < -0.39 is 6.10 Å². The van der Waals surface area contributed by atoms with Crippen molar-refractivity contribution in [3.05, 3.63) is 42.5 Å². The number of hydrogen-bond donors (Lipinski definition) is 3. The summed E-state index contributed by atoms with van der Waals surface area (Å²) in [5, 5.41) is 17.5. The molecule has 2 aromatic carbocycles. The molecule has 2 heterocycles. The van der Waals surface area contributed by atoms with Crippen molar-refractivity contribution in [1.82, 2.24) is 5.32 Å². The Bertz CT molecular complexity index is 730. The minimum Gasteiger partial charge on any atom is -0.388 e. The topological polar surface area (TPSA) is 79.8 Å². The van der Waals surface area contributed by atoms with Crippen LogP contribution in [0.2, 0.25) is 0 Å². The van der Waals surface area contributed by atoms with Crippen molar-refractivity contribution in [3.63, 3.8) is 0 Å². The summed E-state index contributed by atoms with van der Waals surface area (Å²) in [4.78, 5) is 12.3. The minimum absolute atomic E-state index is 0.248. The molecule has 120 valence electrons. The molecule has 6 nitrogen and oxygen atoms in total. The van der Waals surface area contributed by atoms with Gasteiger partial charge < -0.3 is 25.2 Å². The molecule has 2 aromatic rings. The Kier molecular flexibility index (Phi) is 3.65. The molecule has 2 aliphatic rings. The maximum absolute atomic E-state index is 12.3. The molecular formula is C17H18N2O4. The molecule has 2 amide bonds. The molecule has 4 rings (SSSR count). The van der Waals surface area contributed by atoms with Crippen molar-refractivity contribution in [2.45, 2.75) is 24.4 Å². The lowest BCUT2D eigenvalue weighted by molar-refractivity contribution is 0.0180. The largest absolute Gasteiger partial charge is 0.388 e. The normalized spacial score (nSPS) is 29.4. The Morgan fingerprint density at radius 3 is 2.74 bits per heavy atom. The highest BCUT2D eigenvalue weighted by atomic mass is 16.6. The smallest absolute Gasteiger partial charge is 0.319 e. The Morgan fingerprint density at radius 2 is 1.83 bits per heavy atom. The quantitative estimate of drug-likeness (QED) is 0.784. The van der Waals surface area contributed by atoms with Crippen LogP contribution in [-0.2, 0) is 9.47 Å². The van der Waals surface area contributed by atoms with Crippen LogP contribution in [0.4, 0.5) is 10.5 Å². The first-order chi connectivity index (χ1) is 11.2. The molecule has 0 aromatic heterocycles. The Labute approximate surface area is 133 Å². The number of carbonyl (C=O) groups is 1. The summed E-state index contributed by atoms with van der Waals surface area (Å²) in [5.74, 6) is 0. The van der Waals surface area contributed by atoms with Crippen LogP contribution in [0.5, 0.6) is 0 Å². The van der Waals surface area contributed by atoms with Crippen LogP contribution in [0.1, 0.15) is 0 Å². The summed E-state index contributed by atoms with van der Waals surface area (Å²) in [6, 6.07) is 13.1. The predicted octanol–water partition coefficient (Wildman–Crippen LogP) is 1.49. The van der Waals surface area contributed by atoms with E-state index in [4.69, 9.17) is 9.47 Å². The van der Waals surface area contributed by atoms with E-state index in [0.717, 1.165) is 16.5 Å². The van der Waals surface area contributed by atoms with Crippen molar-refractivity contribution in [1.29, 1.82) is 0 Å². The average molecular weight is 314 g/mol. The lowest BCUT2D eigenvalue weighted by Crippen LogP contribution is -2.46. The molecule has 4 atom stereocenters. The van der Waals surface area contributed by atoms with Crippen molar-refractivity contribution in [3.8, 4) is 0 Å². The summed E-state index contributed by atoms with van der Waals surface area (Å²) in [6.45, 7) is 0.591. The number of rotatable bonds is 2. The van der Waals surface area contributed by atoms with Gasteiger partial charge >= 0.3 is 6.03 Å². The van der Waals surface area contributed by atoms with Crippen molar-refractivity contribution < 1.29 is 19.4 Å². The van der Waals surface area contributed by atoms with E-state index in [1.54, 1.807) is 0 Å². The third kappa shape index (κ3) is 2.65. The molecule has 0 bridgehead atoms. The number of hydrogen-bond acceptors (Lipinski definition) is 4. The van der Waals surface area contributed by atoms with E-state index in [-0.39, 0.29) is 30.9 Å². The minimum atomic E-state index is -0.618. The van der Waals surface area contributed by atoms with E-state index in [0.29, 0.717) is 6.61 Å². The fraction of sp³-hybridized carbons (Fsp3) is 0.353. The van der Waals surface area contributed by atoms with Crippen molar-refractivity contribution in [2.75, 3.05) is 18.5 Å². The molecule has 0 radical (unpaired) electrons. The van der Waals surface area contributed by atoms with Crippen LogP contribution in [0, 0.1) is 0 Å². The summed E-state index contributed by atoms with van der Waals surface area (Å²) in [5.41, 5.74) is 0.753. The third-order valence-electron chi connectivity index (χ3n) is 4.38. The molecule has 2 aliphatic heterocycles. The number of aliphatic hydroxyl groups is 1. The van der Waals surface area contributed by atoms with Gasteiger partial charge in [-0.1, -0.05) is 36.4 Å². The fourth-order valence-electron chi connectivity index (χ4n) is 3.26. The van der Waals surface area contributed by atoms with Gasteiger partial charge in [0.2, 0.25) is 0 Å². The van der Waals surface area contributed by atoms with E-state index in [1.165, 1.54) is 0 Å². The number of urea groups is 1. The number of carbonyl (C=O) groups excluding carboxylic acids is 1. The van der Waals surface area contributed by atoms with Gasteiger partial charge in [-0.15, -0.1) is 0 Å². The van der Waals surface area contributed by atoms with Crippen LogP contribution in [0.25, 0.3) is 10.8 Å². The zero-order valence-electron chi connectivity index (χ0n) is 12.4. The molecule has 2 saturated heterocycles. The van der Waals surface area contributed by atoms with E-state index >= 15 is 0 Å². The third-order valence-corrected chi connectivity index (χ3v) is 4.38. The zero-order valence-corrected chi connectivity index (χ0v) is 12.4. The number of ether oxygens (including phenoxy) is 2. The highest BCUT2D eigenvalue weighted by molar-refractivity contribution is 6.01. The number of benzene rings is 2. The molecule has 3 N–H and O–H groups in total. The van der Waals surface area contributed by atoms with Crippen LogP contribution in [-0.4, -0.2) is 48.7 Å². The first-order valence-corrected chi connectivity index (χ1v) is 7.69. The van der Waals surface area contributed by atoms with Crippen LogP contribution in [0.3, 0.4) is 0 Å². The highest BCUT2D eigenvalue weighted by Crippen LogP contribution is 2.27. The second kappa shape index (κ2) is 5.81. The number of anilines is 1. The van der Waals surface area contributed by atoms with E-state index in [9.17, 15) is 9.90 Å². The molecule has 0 spiro atoms. The second-order valence-corrected chi connectivity index (χ2v) is 5.89. The highest BCUT2D eigenvalue weighted by Gasteiger charge is 2.47. The summed E-state index contributed by atoms with van der Waals surface area (Å²) in [6.07, 6.45) is -1.26. The number of nitrogens with one attached hydrogen (secondary N) is 2.